The van der Waals surface area contributed by atoms with Gasteiger partial charge in [0.15, 0.2) is 0 Å². The van der Waals surface area contributed by atoms with E-state index in [4.69, 9.17) is 9.84 Å². The molecule has 0 radical (unpaired) electrons. The Labute approximate surface area is 114 Å². The molecule has 1 heterocycles. The van der Waals surface area contributed by atoms with Gasteiger partial charge in [-0.25, -0.2) is 0 Å². The minimum absolute atomic E-state index is 0.171. The maximum absolute atomic E-state index is 12.0. The van der Waals surface area contributed by atoms with Crippen LogP contribution in [-0.2, 0) is 19.7 Å². The molecule has 0 aromatic rings. The fourth-order valence-corrected chi connectivity index (χ4v) is 3.18. The summed E-state index contributed by atoms with van der Waals surface area (Å²) in [4.78, 5) is 10.8. The summed E-state index contributed by atoms with van der Waals surface area (Å²) in [6.45, 7) is 4.21. The van der Waals surface area contributed by atoms with Crippen molar-refractivity contribution >= 4 is 16.2 Å². The summed E-state index contributed by atoms with van der Waals surface area (Å²) in [5, 5.41) is 8.87. The van der Waals surface area contributed by atoms with Crippen molar-refractivity contribution in [3.05, 3.63) is 0 Å². The average molecular weight is 294 g/mol. The number of piperidine rings is 1. The zero-order chi connectivity index (χ0) is 14.7. The molecule has 7 nitrogen and oxygen atoms in total. The number of nitrogens with one attached hydrogen (secondary N) is 1. The molecule has 1 fully saturated rings. The van der Waals surface area contributed by atoms with Gasteiger partial charge in [0.05, 0.1) is 11.5 Å². The lowest BCUT2D eigenvalue weighted by atomic mass is 9.99. The molecule has 0 saturated carbocycles. The molecule has 0 amide bonds. The van der Waals surface area contributed by atoms with Gasteiger partial charge < -0.3 is 9.84 Å². The topological polar surface area (TPSA) is 95.9 Å². The third-order valence-electron chi connectivity index (χ3n) is 3.38. The van der Waals surface area contributed by atoms with E-state index in [2.05, 4.69) is 4.72 Å². The van der Waals surface area contributed by atoms with Crippen molar-refractivity contribution < 1.29 is 23.1 Å². The summed E-state index contributed by atoms with van der Waals surface area (Å²) in [7, 11) is -2.04. The van der Waals surface area contributed by atoms with Gasteiger partial charge >= 0.3 is 5.97 Å². The molecule has 0 bridgehead atoms. The Kier molecular flexibility index (Phi) is 5.31. The highest BCUT2D eigenvalue weighted by molar-refractivity contribution is 7.87. The number of carbonyl (C=O) groups is 1. The predicted molar refractivity (Wildman–Crippen MR) is 69.9 cm³/mol. The highest BCUT2D eigenvalue weighted by Gasteiger charge is 2.31. The van der Waals surface area contributed by atoms with Crippen molar-refractivity contribution in [2.75, 3.05) is 26.7 Å². The maximum atomic E-state index is 12.0. The number of carboxylic acid groups (broad SMARTS) is 1. The SMILES string of the molecule is COC(C)(C)CNS(=O)(=O)N1CCC(C(=O)O)CC1. The van der Waals surface area contributed by atoms with Crippen LogP contribution in [0.5, 0.6) is 0 Å². The van der Waals surface area contributed by atoms with E-state index in [0.29, 0.717) is 12.8 Å². The van der Waals surface area contributed by atoms with Crippen molar-refractivity contribution in [2.24, 2.45) is 5.92 Å². The van der Waals surface area contributed by atoms with Crippen LogP contribution in [0.1, 0.15) is 26.7 Å². The Morgan fingerprint density at radius 1 is 1.42 bits per heavy atom. The predicted octanol–water partition coefficient (Wildman–Crippen LogP) is 0.0424. The van der Waals surface area contributed by atoms with E-state index < -0.39 is 27.7 Å². The van der Waals surface area contributed by atoms with Crippen molar-refractivity contribution in [1.82, 2.24) is 9.03 Å². The lowest BCUT2D eigenvalue weighted by molar-refractivity contribution is -0.142. The quantitative estimate of drug-likeness (QED) is 0.721. The molecule has 1 aliphatic heterocycles. The molecule has 112 valence electrons. The number of methoxy groups -OCH3 is 1. The Balaban J connectivity index is 2.54. The zero-order valence-electron chi connectivity index (χ0n) is 11.5. The second kappa shape index (κ2) is 6.17. The first-order valence-corrected chi connectivity index (χ1v) is 7.64. The van der Waals surface area contributed by atoms with E-state index in [-0.39, 0.29) is 19.6 Å². The minimum atomic E-state index is -3.57. The van der Waals surface area contributed by atoms with Crippen LogP contribution >= 0.6 is 0 Å². The summed E-state index contributed by atoms with van der Waals surface area (Å²) in [5.74, 6) is -1.30. The van der Waals surface area contributed by atoms with E-state index in [0.717, 1.165) is 0 Å². The van der Waals surface area contributed by atoms with E-state index in [1.807, 2.05) is 0 Å². The van der Waals surface area contributed by atoms with E-state index in [1.165, 1.54) is 11.4 Å². The molecule has 0 atom stereocenters. The molecule has 0 spiro atoms. The van der Waals surface area contributed by atoms with Gasteiger partial charge in [0, 0.05) is 26.7 Å². The van der Waals surface area contributed by atoms with Crippen LogP contribution in [0, 0.1) is 5.92 Å². The van der Waals surface area contributed by atoms with Crippen molar-refractivity contribution in [3.63, 3.8) is 0 Å². The Morgan fingerprint density at radius 2 is 1.95 bits per heavy atom. The highest BCUT2D eigenvalue weighted by Crippen LogP contribution is 2.19. The molecular formula is C11H22N2O5S. The monoisotopic (exact) mass is 294 g/mol. The van der Waals surface area contributed by atoms with Gasteiger partial charge in [-0.3, -0.25) is 4.79 Å². The number of carboxylic acids is 1. The smallest absolute Gasteiger partial charge is 0.306 e. The number of nitrogens with zero attached hydrogens (tertiary/aromatic N) is 1. The molecule has 1 rings (SSSR count). The molecule has 8 heteroatoms. The number of aliphatic carboxylic acids is 1. The van der Waals surface area contributed by atoms with Gasteiger partial charge in [0.1, 0.15) is 0 Å². The van der Waals surface area contributed by atoms with Crippen LogP contribution < -0.4 is 4.72 Å². The first-order chi connectivity index (χ1) is 8.68. The summed E-state index contributed by atoms with van der Waals surface area (Å²) < 4.78 is 33.0. The fourth-order valence-electron chi connectivity index (χ4n) is 1.77. The first-order valence-electron chi connectivity index (χ1n) is 6.20. The largest absolute Gasteiger partial charge is 0.481 e. The van der Waals surface area contributed by atoms with Crippen LogP contribution in [0.15, 0.2) is 0 Å². The van der Waals surface area contributed by atoms with Crippen molar-refractivity contribution in [2.45, 2.75) is 32.3 Å². The molecule has 0 aromatic heterocycles. The first kappa shape index (κ1) is 16.4. The van der Waals surface area contributed by atoms with Gasteiger partial charge in [-0.15, -0.1) is 0 Å². The lowest BCUT2D eigenvalue weighted by Crippen LogP contribution is -2.49. The normalized spacial score (nSPS) is 19.5. The van der Waals surface area contributed by atoms with E-state index >= 15 is 0 Å². The number of ether oxygens (including phenoxy) is 1. The summed E-state index contributed by atoms with van der Waals surface area (Å²) in [5.41, 5.74) is -0.577. The van der Waals surface area contributed by atoms with E-state index in [1.54, 1.807) is 13.8 Å². The Bertz CT molecular complexity index is 413. The van der Waals surface area contributed by atoms with Crippen LogP contribution in [-0.4, -0.2) is 56.1 Å². The number of hydrogen-bond acceptors (Lipinski definition) is 4. The third-order valence-corrected chi connectivity index (χ3v) is 4.93. The molecule has 1 saturated heterocycles. The number of hydrogen-bond donors (Lipinski definition) is 2. The maximum Gasteiger partial charge on any atom is 0.306 e. The summed E-state index contributed by atoms with van der Waals surface area (Å²) in [6, 6.07) is 0. The Morgan fingerprint density at radius 3 is 2.37 bits per heavy atom. The van der Waals surface area contributed by atoms with Crippen LogP contribution in [0.3, 0.4) is 0 Å². The van der Waals surface area contributed by atoms with Crippen LogP contribution in [0.25, 0.3) is 0 Å². The van der Waals surface area contributed by atoms with E-state index in [9.17, 15) is 13.2 Å². The molecule has 19 heavy (non-hydrogen) atoms. The standard InChI is InChI=1S/C11H22N2O5S/c1-11(2,18-3)8-12-19(16,17)13-6-4-9(5-7-13)10(14)15/h9,12H,4-8H2,1-3H3,(H,14,15). The second-order valence-electron chi connectivity index (χ2n) is 5.30. The van der Waals surface area contributed by atoms with Gasteiger partial charge in [-0.1, -0.05) is 0 Å². The fraction of sp³-hybridized carbons (Fsp3) is 0.909. The summed E-state index contributed by atoms with van der Waals surface area (Å²) in [6.07, 6.45) is 0.702. The molecule has 2 N–H and O–H groups in total. The Hall–Kier alpha value is -0.700. The van der Waals surface area contributed by atoms with Crippen molar-refractivity contribution in [3.8, 4) is 0 Å². The van der Waals surface area contributed by atoms with Crippen LogP contribution in [0.4, 0.5) is 0 Å². The molecule has 1 aliphatic rings. The average Bonchev–Trinajstić information content (AvgIpc) is 2.37. The number of rotatable bonds is 6. The van der Waals surface area contributed by atoms with Gasteiger partial charge in [-0.05, 0) is 26.7 Å². The summed E-state index contributed by atoms with van der Waals surface area (Å²) >= 11 is 0. The molecule has 0 unspecified atom stereocenters. The highest BCUT2D eigenvalue weighted by atomic mass is 32.2. The third kappa shape index (κ3) is 4.72. The molecule has 0 aliphatic carbocycles. The zero-order valence-corrected chi connectivity index (χ0v) is 12.4. The minimum Gasteiger partial charge on any atom is -0.481 e. The molecular weight excluding hydrogens is 272 g/mol. The van der Waals surface area contributed by atoms with Crippen LogP contribution in [0.2, 0.25) is 0 Å². The van der Waals surface area contributed by atoms with Gasteiger partial charge in [-0.2, -0.15) is 17.4 Å². The molecule has 0 aromatic carbocycles. The van der Waals surface area contributed by atoms with Crippen molar-refractivity contribution in [1.29, 1.82) is 0 Å². The second-order valence-corrected chi connectivity index (χ2v) is 7.06. The van der Waals surface area contributed by atoms with Gasteiger partial charge in [0.2, 0.25) is 0 Å². The van der Waals surface area contributed by atoms with Gasteiger partial charge in [0.25, 0.3) is 10.2 Å². The lowest BCUT2D eigenvalue weighted by Gasteiger charge is -2.31.